The van der Waals surface area contributed by atoms with Gasteiger partial charge in [0.1, 0.15) is 6.61 Å². The summed E-state index contributed by atoms with van der Waals surface area (Å²) in [5.74, 6) is -3.30. The monoisotopic (exact) mass is 300 g/mol. The number of hydrogen-bond acceptors (Lipinski definition) is 6. The van der Waals surface area contributed by atoms with Gasteiger partial charge >= 0.3 is 45.6 Å². The molecule has 0 aromatic rings. The van der Waals surface area contributed by atoms with Crippen molar-refractivity contribution in [2.45, 2.75) is 19.8 Å². The van der Waals surface area contributed by atoms with E-state index in [1.165, 1.54) is 0 Å². The van der Waals surface area contributed by atoms with E-state index in [2.05, 4.69) is 11.3 Å². The van der Waals surface area contributed by atoms with Crippen molar-refractivity contribution in [3.63, 3.8) is 0 Å². The Kier molecular flexibility index (Phi) is 10.1. The van der Waals surface area contributed by atoms with E-state index in [-0.39, 0.29) is 49.0 Å². The molecule has 0 aliphatic heterocycles. The largest absolute Gasteiger partial charge is 1.00 e. The molecule has 0 aliphatic carbocycles. The van der Waals surface area contributed by atoms with Crippen molar-refractivity contribution in [3.05, 3.63) is 23.1 Å². The molecule has 1 N–H and O–H groups in total. The number of carbonyl (C=O) groups excluding carboxylic acids is 2. The summed E-state index contributed by atoms with van der Waals surface area (Å²) in [5, 5.41) is 10.8. The van der Waals surface area contributed by atoms with Crippen LogP contribution in [0.5, 0.6) is 0 Å². The molecule has 0 atom stereocenters. The van der Waals surface area contributed by atoms with Crippen molar-refractivity contribution in [2.75, 3.05) is 6.61 Å². The molecule has 0 rings (SSSR count). The standard InChI is InChI=1S/C10H14O7S.Na/c1-3-5-7(9(11)12)8(18(14,15)16)10(13)17-6-4-2;/h4H,2-3,5-6H2,1H3,(H,11,12)(H,14,15,16);/q;+1/p-1/b8-7+;. The van der Waals surface area contributed by atoms with Crippen molar-refractivity contribution in [3.8, 4) is 0 Å². The molecule has 0 bridgehead atoms. The fraction of sp³-hybridized carbons (Fsp3) is 0.400. The summed E-state index contributed by atoms with van der Waals surface area (Å²) < 4.78 is 35.4. The number of esters is 1. The number of rotatable bonds is 7. The van der Waals surface area contributed by atoms with Crippen LogP contribution in [-0.4, -0.2) is 31.5 Å². The summed E-state index contributed by atoms with van der Waals surface area (Å²) in [5.41, 5.74) is -0.811. The van der Waals surface area contributed by atoms with Crippen molar-refractivity contribution in [1.29, 1.82) is 0 Å². The van der Waals surface area contributed by atoms with E-state index in [4.69, 9.17) is 4.55 Å². The van der Waals surface area contributed by atoms with E-state index in [0.717, 1.165) is 6.08 Å². The molecule has 0 unspecified atom stereocenters. The summed E-state index contributed by atoms with van der Waals surface area (Å²) in [7, 11) is -5.01. The predicted octanol–water partition coefficient (Wildman–Crippen LogP) is -3.59. The Balaban J connectivity index is 0. The molecule has 0 aromatic carbocycles. The number of aliphatic carboxylic acids is 1. The number of carboxylic acid groups (broad SMARTS) is 1. The van der Waals surface area contributed by atoms with Crippen LogP contribution in [0.4, 0.5) is 0 Å². The summed E-state index contributed by atoms with van der Waals surface area (Å²) in [6.45, 7) is 4.49. The molecule has 0 spiro atoms. The van der Waals surface area contributed by atoms with Crippen LogP contribution in [0.2, 0.25) is 0 Å². The third kappa shape index (κ3) is 6.88. The number of hydrogen-bond donors (Lipinski definition) is 1. The number of carboxylic acids is 1. The van der Waals surface area contributed by atoms with Crippen LogP contribution >= 0.6 is 0 Å². The minimum absolute atomic E-state index is 0. The third-order valence-electron chi connectivity index (χ3n) is 1.80. The van der Waals surface area contributed by atoms with Gasteiger partial charge in [-0.1, -0.05) is 26.0 Å². The molecule has 7 nitrogen and oxygen atoms in total. The Hall–Kier alpha value is -0.670. The summed E-state index contributed by atoms with van der Waals surface area (Å²) in [4.78, 5) is 20.9. The first-order valence-corrected chi connectivity index (χ1v) is 6.39. The van der Waals surface area contributed by atoms with Crippen molar-refractivity contribution in [1.82, 2.24) is 0 Å². The van der Waals surface area contributed by atoms with Crippen LogP contribution in [0.25, 0.3) is 0 Å². The fourth-order valence-corrected chi connectivity index (χ4v) is 1.91. The third-order valence-corrected chi connectivity index (χ3v) is 2.73. The molecule has 0 radical (unpaired) electrons. The summed E-state index contributed by atoms with van der Waals surface area (Å²) in [6, 6.07) is 0. The van der Waals surface area contributed by atoms with Crippen LogP contribution in [0, 0.1) is 0 Å². The molecular formula is C10H13NaO7S. The normalized spacial score (nSPS) is 11.9. The van der Waals surface area contributed by atoms with E-state index in [0.29, 0.717) is 0 Å². The molecule has 0 saturated carbocycles. The van der Waals surface area contributed by atoms with Crippen LogP contribution < -0.4 is 34.7 Å². The zero-order chi connectivity index (χ0) is 14.3. The van der Waals surface area contributed by atoms with Crippen LogP contribution in [0.3, 0.4) is 0 Å². The molecule has 102 valence electrons. The SMILES string of the molecule is C=CCOC(=O)/C(=C(/CCC)C(=O)[O-])S(=O)(=O)O.[Na+]. The van der Waals surface area contributed by atoms with Crippen molar-refractivity contribution in [2.24, 2.45) is 0 Å². The van der Waals surface area contributed by atoms with Gasteiger partial charge in [-0.25, -0.2) is 4.79 Å². The first-order valence-electron chi connectivity index (χ1n) is 4.95. The molecule has 0 fully saturated rings. The maximum Gasteiger partial charge on any atom is 1.00 e. The second-order valence-electron chi connectivity index (χ2n) is 3.21. The van der Waals surface area contributed by atoms with Crippen LogP contribution in [-0.2, 0) is 24.4 Å². The van der Waals surface area contributed by atoms with Gasteiger partial charge < -0.3 is 14.6 Å². The Labute approximate surface area is 133 Å². The Morgan fingerprint density at radius 1 is 1.42 bits per heavy atom. The van der Waals surface area contributed by atoms with E-state index < -0.39 is 32.5 Å². The zero-order valence-corrected chi connectivity index (χ0v) is 13.5. The van der Waals surface area contributed by atoms with Gasteiger partial charge in [-0.05, 0) is 6.42 Å². The van der Waals surface area contributed by atoms with Gasteiger partial charge in [0.05, 0.1) is 5.97 Å². The minimum Gasteiger partial charge on any atom is -0.545 e. The summed E-state index contributed by atoms with van der Waals surface area (Å²) >= 11 is 0. The molecule has 19 heavy (non-hydrogen) atoms. The fourth-order valence-electron chi connectivity index (χ4n) is 1.14. The molecule has 0 aromatic heterocycles. The van der Waals surface area contributed by atoms with Crippen LogP contribution in [0.1, 0.15) is 19.8 Å². The average Bonchev–Trinajstić information content (AvgIpc) is 2.23. The van der Waals surface area contributed by atoms with E-state index >= 15 is 0 Å². The second-order valence-corrected chi connectivity index (χ2v) is 4.57. The van der Waals surface area contributed by atoms with Gasteiger partial charge in [0, 0.05) is 5.57 Å². The first kappa shape index (κ1) is 20.6. The topological polar surface area (TPSA) is 121 Å². The quantitative estimate of drug-likeness (QED) is 0.170. The van der Waals surface area contributed by atoms with E-state index in [1.807, 2.05) is 0 Å². The van der Waals surface area contributed by atoms with E-state index in [1.54, 1.807) is 6.92 Å². The summed E-state index contributed by atoms with van der Waals surface area (Å²) in [6.07, 6.45) is 1.16. The van der Waals surface area contributed by atoms with Crippen molar-refractivity contribution < 1.29 is 62.0 Å². The average molecular weight is 300 g/mol. The van der Waals surface area contributed by atoms with Gasteiger partial charge in [0.2, 0.25) is 0 Å². The molecular weight excluding hydrogens is 287 g/mol. The van der Waals surface area contributed by atoms with Gasteiger partial charge in [0.25, 0.3) is 0 Å². The molecule has 9 heteroatoms. The van der Waals surface area contributed by atoms with Crippen molar-refractivity contribution >= 4 is 22.1 Å². The number of carbonyl (C=O) groups is 2. The molecule has 0 saturated heterocycles. The van der Waals surface area contributed by atoms with E-state index in [9.17, 15) is 23.1 Å². The maximum atomic E-state index is 11.4. The molecule has 0 aliphatic rings. The van der Waals surface area contributed by atoms with Gasteiger partial charge in [-0.15, -0.1) is 0 Å². The smallest absolute Gasteiger partial charge is 0.545 e. The maximum absolute atomic E-state index is 11.4. The Bertz CT molecular complexity index is 478. The Morgan fingerprint density at radius 2 is 1.95 bits per heavy atom. The van der Waals surface area contributed by atoms with Gasteiger partial charge in [-0.3, -0.25) is 4.55 Å². The minimum atomic E-state index is -5.01. The zero-order valence-electron chi connectivity index (χ0n) is 10.7. The van der Waals surface area contributed by atoms with Gasteiger partial charge in [-0.2, -0.15) is 8.42 Å². The number of ether oxygens (including phenoxy) is 1. The Morgan fingerprint density at radius 3 is 2.26 bits per heavy atom. The second kappa shape index (κ2) is 9.27. The first-order chi connectivity index (χ1) is 8.25. The molecule has 0 heterocycles. The van der Waals surface area contributed by atoms with Crippen LogP contribution in [0.15, 0.2) is 23.1 Å². The predicted molar refractivity (Wildman–Crippen MR) is 59.6 cm³/mol. The molecule has 0 amide bonds. The van der Waals surface area contributed by atoms with Gasteiger partial charge in [0.15, 0.2) is 4.91 Å².